The monoisotopic (exact) mass is 333 g/mol. The maximum Gasteiger partial charge on any atom is 0.411 e. The van der Waals surface area contributed by atoms with Crippen LogP contribution in [0, 0.1) is 5.92 Å². The van der Waals surface area contributed by atoms with Crippen LogP contribution in [-0.2, 0) is 4.74 Å². The molecule has 136 valence electrons. The highest BCUT2D eigenvalue weighted by Gasteiger charge is 2.65. The van der Waals surface area contributed by atoms with Crippen molar-refractivity contribution >= 4 is 6.09 Å². The van der Waals surface area contributed by atoms with Crippen molar-refractivity contribution in [2.24, 2.45) is 5.92 Å². The normalized spacial score (nSPS) is 27.2. The zero-order valence-electron chi connectivity index (χ0n) is 16.4. The third-order valence-corrected chi connectivity index (χ3v) is 5.08. The van der Waals surface area contributed by atoms with Gasteiger partial charge in [0, 0.05) is 12.5 Å². The van der Waals surface area contributed by atoms with Gasteiger partial charge in [0.25, 0.3) is 0 Å². The van der Waals surface area contributed by atoms with E-state index in [1.807, 2.05) is 39.5 Å². The lowest BCUT2D eigenvalue weighted by atomic mass is 9.92. The van der Waals surface area contributed by atoms with Crippen LogP contribution in [0.5, 0.6) is 0 Å². The van der Waals surface area contributed by atoms with Crippen molar-refractivity contribution in [1.82, 2.24) is 4.90 Å². The third kappa shape index (κ3) is 3.70. The van der Waals surface area contributed by atoms with Crippen LogP contribution in [0.2, 0.25) is 0 Å². The zero-order valence-corrected chi connectivity index (χ0v) is 16.4. The summed E-state index contributed by atoms with van der Waals surface area (Å²) in [7, 11) is 0. The summed E-state index contributed by atoms with van der Waals surface area (Å²) in [6.45, 7) is 12.9. The molecule has 0 aromatic rings. The molecular weight excluding hydrogens is 298 g/mol. The molecule has 1 saturated heterocycles. The molecule has 0 N–H and O–H groups in total. The molecule has 2 fully saturated rings. The van der Waals surface area contributed by atoms with E-state index >= 15 is 0 Å². The highest BCUT2D eigenvalue weighted by Crippen LogP contribution is 2.61. The summed E-state index contributed by atoms with van der Waals surface area (Å²) >= 11 is 0. The average Bonchev–Trinajstić information content (AvgIpc) is 3.11. The Bertz CT molecular complexity index is 526. The Kier molecular flexibility index (Phi) is 5.83. The maximum atomic E-state index is 12.5. The van der Waals surface area contributed by atoms with Gasteiger partial charge in [-0.2, -0.15) is 0 Å². The quantitative estimate of drug-likeness (QED) is 0.603. The lowest BCUT2D eigenvalue weighted by Crippen LogP contribution is -2.43. The molecule has 1 aliphatic heterocycles. The first-order valence-corrected chi connectivity index (χ1v) is 9.79. The second kappa shape index (κ2) is 7.33. The molecule has 1 saturated carbocycles. The molecule has 2 unspecified atom stereocenters. The fourth-order valence-electron chi connectivity index (χ4n) is 4.01. The van der Waals surface area contributed by atoms with Crippen LogP contribution in [0.1, 0.15) is 80.1 Å². The van der Waals surface area contributed by atoms with Gasteiger partial charge >= 0.3 is 6.09 Å². The van der Waals surface area contributed by atoms with Crippen LogP contribution in [0.3, 0.4) is 0 Å². The molecule has 24 heavy (non-hydrogen) atoms. The number of rotatable bonds is 4. The van der Waals surface area contributed by atoms with Crippen LogP contribution in [0.25, 0.3) is 0 Å². The number of likely N-dealkylation sites (tertiary alicyclic amines) is 1. The number of hydrogen-bond donors (Lipinski definition) is 0. The lowest BCUT2D eigenvalue weighted by molar-refractivity contribution is 0.0210. The molecular formula is C21H35NO2. The van der Waals surface area contributed by atoms with E-state index in [1.54, 1.807) is 0 Å². The SMILES string of the molecule is CC.CCCCCC1=CC2CC23C(=C1)CCN3C(=O)OC(C)(C)C. The van der Waals surface area contributed by atoms with Crippen molar-refractivity contribution in [3.05, 3.63) is 23.3 Å². The first-order chi connectivity index (χ1) is 11.4. The standard InChI is InChI=1S/C19H29NO2.C2H6/c1-5-6-7-8-14-11-15-9-10-20(17(21)22-18(2,3)4)19(15)13-16(19)12-14;1-2/h11-12,16H,5-10,13H2,1-4H3;1-2H3. The predicted octanol–water partition coefficient (Wildman–Crippen LogP) is 5.86. The van der Waals surface area contributed by atoms with E-state index in [9.17, 15) is 4.79 Å². The Morgan fingerprint density at radius 3 is 2.67 bits per heavy atom. The summed E-state index contributed by atoms with van der Waals surface area (Å²) in [5.74, 6) is 0.527. The number of carbonyl (C=O) groups is 1. The Morgan fingerprint density at radius 1 is 1.33 bits per heavy atom. The molecule has 1 spiro atoms. The first-order valence-electron chi connectivity index (χ1n) is 9.79. The topological polar surface area (TPSA) is 29.5 Å². The summed E-state index contributed by atoms with van der Waals surface area (Å²) in [4.78, 5) is 14.5. The van der Waals surface area contributed by atoms with Gasteiger partial charge in [0.05, 0.1) is 5.54 Å². The maximum absolute atomic E-state index is 12.5. The summed E-state index contributed by atoms with van der Waals surface area (Å²) < 4.78 is 5.61. The Morgan fingerprint density at radius 2 is 2.04 bits per heavy atom. The number of allylic oxidation sites excluding steroid dienone is 2. The van der Waals surface area contributed by atoms with E-state index in [2.05, 4.69) is 19.1 Å². The molecule has 3 heteroatoms. The summed E-state index contributed by atoms with van der Waals surface area (Å²) in [5, 5.41) is 0. The summed E-state index contributed by atoms with van der Waals surface area (Å²) in [5.41, 5.74) is 2.53. The fraction of sp³-hybridized carbons (Fsp3) is 0.762. The van der Waals surface area contributed by atoms with Gasteiger partial charge in [-0.1, -0.05) is 51.3 Å². The molecule has 1 amide bonds. The van der Waals surface area contributed by atoms with E-state index in [0.717, 1.165) is 19.4 Å². The smallest absolute Gasteiger partial charge is 0.411 e. The molecule has 0 radical (unpaired) electrons. The Hall–Kier alpha value is -1.25. The summed E-state index contributed by atoms with van der Waals surface area (Å²) in [6, 6.07) is 0. The summed E-state index contributed by atoms with van der Waals surface area (Å²) in [6.07, 6.45) is 11.8. The number of nitrogens with zero attached hydrogens (tertiary/aromatic N) is 1. The third-order valence-electron chi connectivity index (χ3n) is 5.08. The fourth-order valence-corrected chi connectivity index (χ4v) is 4.01. The highest BCUT2D eigenvalue weighted by atomic mass is 16.6. The largest absolute Gasteiger partial charge is 0.444 e. The average molecular weight is 334 g/mol. The van der Waals surface area contributed by atoms with Crippen LogP contribution in [-0.4, -0.2) is 28.7 Å². The van der Waals surface area contributed by atoms with Gasteiger partial charge in [0.15, 0.2) is 0 Å². The molecule has 2 atom stereocenters. The van der Waals surface area contributed by atoms with Crippen LogP contribution < -0.4 is 0 Å². The van der Waals surface area contributed by atoms with E-state index < -0.39 is 5.60 Å². The Balaban J connectivity index is 0.00000100. The van der Waals surface area contributed by atoms with Crippen molar-refractivity contribution in [2.75, 3.05) is 6.54 Å². The van der Waals surface area contributed by atoms with Gasteiger partial charge in [-0.3, -0.25) is 4.90 Å². The second-order valence-corrected chi connectivity index (χ2v) is 7.99. The lowest BCUT2D eigenvalue weighted by Gasteiger charge is -2.30. The predicted molar refractivity (Wildman–Crippen MR) is 100 cm³/mol. The number of carbonyl (C=O) groups excluding carboxylic acids is 1. The Labute approximate surface area is 148 Å². The molecule has 3 aliphatic rings. The molecule has 0 aromatic carbocycles. The molecule has 0 bridgehead atoms. The van der Waals surface area contributed by atoms with Gasteiger partial charge in [0.2, 0.25) is 0 Å². The van der Waals surface area contributed by atoms with Gasteiger partial charge in [-0.15, -0.1) is 0 Å². The number of ether oxygens (including phenoxy) is 1. The van der Waals surface area contributed by atoms with Crippen LogP contribution in [0.4, 0.5) is 4.79 Å². The van der Waals surface area contributed by atoms with Crippen molar-refractivity contribution in [3.8, 4) is 0 Å². The minimum Gasteiger partial charge on any atom is -0.444 e. The van der Waals surface area contributed by atoms with Crippen molar-refractivity contribution < 1.29 is 9.53 Å². The van der Waals surface area contributed by atoms with Crippen molar-refractivity contribution in [3.63, 3.8) is 0 Å². The van der Waals surface area contributed by atoms with Crippen LogP contribution in [0.15, 0.2) is 23.3 Å². The van der Waals surface area contributed by atoms with Gasteiger partial charge in [0.1, 0.15) is 5.60 Å². The molecule has 2 aliphatic carbocycles. The van der Waals surface area contributed by atoms with Gasteiger partial charge in [-0.05, 0) is 52.0 Å². The van der Waals surface area contributed by atoms with E-state index in [0.29, 0.717) is 5.92 Å². The second-order valence-electron chi connectivity index (χ2n) is 7.99. The van der Waals surface area contributed by atoms with E-state index in [1.165, 1.54) is 36.8 Å². The first kappa shape index (κ1) is 19.1. The zero-order chi connectivity index (χ0) is 18.0. The molecule has 3 rings (SSSR count). The number of unbranched alkanes of at least 4 members (excludes halogenated alkanes) is 2. The van der Waals surface area contributed by atoms with Gasteiger partial charge in [-0.25, -0.2) is 4.79 Å². The minimum atomic E-state index is -0.416. The van der Waals surface area contributed by atoms with Gasteiger partial charge < -0.3 is 4.74 Å². The van der Waals surface area contributed by atoms with E-state index in [-0.39, 0.29) is 11.6 Å². The number of amides is 1. The van der Waals surface area contributed by atoms with Crippen molar-refractivity contribution in [2.45, 2.75) is 91.2 Å². The minimum absolute atomic E-state index is 0.0173. The van der Waals surface area contributed by atoms with Crippen molar-refractivity contribution in [1.29, 1.82) is 0 Å². The molecule has 1 heterocycles. The van der Waals surface area contributed by atoms with E-state index in [4.69, 9.17) is 4.74 Å². The molecule has 3 nitrogen and oxygen atoms in total. The van der Waals surface area contributed by atoms with Crippen LogP contribution >= 0.6 is 0 Å². The highest BCUT2D eigenvalue weighted by molar-refractivity contribution is 5.73. The number of hydrogen-bond acceptors (Lipinski definition) is 2. The molecule has 0 aromatic heterocycles.